The normalized spacial score (nSPS) is 12.3. The largest absolute Gasteiger partial charge is 0.494 e. The maximum atomic E-state index is 13.8. The van der Waals surface area contributed by atoms with Crippen molar-refractivity contribution in [3.63, 3.8) is 0 Å². The summed E-state index contributed by atoms with van der Waals surface area (Å²) < 4.78 is 20.4. The molecule has 1 unspecified atom stereocenters. The van der Waals surface area contributed by atoms with Crippen LogP contribution in [0.2, 0.25) is 0 Å². The number of aromatic nitrogens is 3. The highest BCUT2D eigenvalue weighted by molar-refractivity contribution is 14.0. The van der Waals surface area contributed by atoms with Crippen molar-refractivity contribution in [2.45, 2.75) is 19.5 Å². The van der Waals surface area contributed by atoms with Crippen LogP contribution in [0.4, 0.5) is 4.39 Å². The highest BCUT2D eigenvalue weighted by atomic mass is 127. The summed E-state index contributed by atoms with van der Waals surface area (Å²) >= 11 is 0. The molecule has 7 nitrogen and oxygen atoms in total. The topological polar surface area (TPSA) is 76.4 Å². The first-order valence-corrected chi connectivity index (χ1v) is 7.18. The highest BCUT2D eigenvalue weighted by Gasteiger charge is 2.11. The minimum Gasteiger partial charge on any atom is -0.494 e. The molecule has 1 aromatic heterocycles. The third kappa shape index (κ3) is 5.05. The fourth-order valence-corrected chi connectivity index (χ4v) is 2.08. The molecular formula is C15H22FIN6O. The number of hydrogen-bond donors (Lipinski definition) is 2. The Morgan fingerprint density at radius 3 is 2.75 bits per heavy atom. The van der Waals surface area contributed by atoms with Gasteiger partial charge in [0.25, 0.3) is 0 Å². The number of ether oxygens (including phenoxy) is 1. The first-order chi connectivity index (χ1) is 11.0. The summed E-state index contributed by atoms with van der Waals surface area (Å²) in [4.78, 5) is 8.29. The van der Waals surface area contributed by atoms with Crippen molar-refractivity contribution in [1.29, 1.82) is 0 Å². The van der Waals surface area contributed by atoms with Crippen molar-refractivity contribution in [3.8, 4) is 5.75 Å². The van der Waals surface area contributed by atoms with E-state index in [0.717, 1.165) is 11.4 Å². The smallest absolute Gasteiger partial charge is 0.191 e. The van der Waals surface area contributed by atoms with E-state index >= 15 is 0 Å². The van der Waals surface area contributed by atoms with Gasteiger partial charge in [0.15, 0.2) is 17.5 Å². The van der Waals surface area contributed by atoms with Crippen molar-refractivity contribution in [2.24, 2.45) is 12.0 Å². The molecule has 0 fully saturated rings. The Hall–Kier alpha value is -1.91. The summed E-state index contributed by atoms with van der Waals surface area (Å²) in [5, 5.41) is 10.4. The van der Waals surface area contributed by atoms with Gasteiger partial charge in [0, 0.05) is 14.1 Å². The lowest BCUT2D eigenvalue weighted by atomic mass is 10.1. The summed E-state index contributed by atoms with van der Waals surface area (Å²) in [5.41, 5.74) is 0.796. The van der Waals surface area contributed by atoms with Crippen LogP contribution in [0.1, 0.15) is 24.4 Å². The first-order valence-electron chi connectivity index (χ1n) is 7.18. The second-order valence-electron chi connectivity index (χ2n) is 4.99. The number of nitrogens with zero attached hydrogens (tertiary/aromatic N) is 4. The van der Waals surface area contributed by atoms with Gasteiger partial charge in [-0.2, -0.15) is 5.10 Å². The number of benzene rings is 1. The average molecular weight is 448 g/mol. The van der Waals surface area contributed by atoms with Crippen LogP contribution >= 0.6 is 24.0 Å². The molecule has 0 bridgehead atoms. The summed E-state index contributed by atoms with van der Waals surface area (Å²) in [6, 6.07) is 4.75. The van der Waals surface area contributed by atoms with Crippen molar-refractivity contribution in [1.82, 2.24) is 25.4 Å². The van der Waals surface area contributed by atoms with E-state index in [4.69, 9.17) is 4.74 Å². The van der Waals surface area contributed by atoms with Gasteiger partial charge in [-0.25, -0.2) is 9.37 Å². The number of aliphatic imine (C=N–C) groups is 1. The highest BCUT2D eigenvalue weighted by Crippen LogP contribution is 2.21. The molecule has 24 heavy (non-hydrogen) atoms. The second kappa shape index (κ2) is 9.40. The Bertz CT molecular complexity index is 690. The van der Waals surface area contributed by atoms with Crippen LogP contribution in [0, 0.1) is 5.82 Å². The van der Waals surface area contributed by atoms with E-state index in [1.54, 1.807) is 17.8 Å². The summed E-state index contributed by atoms with van der Waals surface area (Å²) in [5.74, 6) is 1.22. The molecule has 0 aliphatic heterocycles. The molecule has 1 atom stereocenters. The molecule has 9 heteroatoms. The Balaban J connectivity index is 0.00000288. The van der Waals surface area contributed by atoms with Gasteiger partial charge in [0.05, 0.1) is 19.7 Å². The Kier molecular flexibility index (Phi) is 7.89. The van der Waals surface area contributed by atoms with E-state index < -0.39 is 0 Å². The van der Waals surface area contributed by atoms with Gasteiger partial charge in [0.1, 0.15) is 12.2 Å². The molecule has 0 saturated carbocycles. The van der Waals surface area contributed by atoms with Gasteiger partial charge in [-0.15, -0.1) is 24.0 Å². The first kappa shape index (κ1) is 20.1. The van der Waals surface area contributed by atoms with Crippen molar-refractivity contribution < 1.29 is 9.13 Å². The van der Waals surface area contributed by atoms with Crippen LogP contribution in [0.3, 0.4) is 0 Å². The average Bonchev–Trinajstić information content (AvgIpc) is 2.96. The molecule has 1 aromatic carbocycles. The van der Waals surface area contributed by atoms with Crippen LogP contribution in [0.25, 0.3) is 0 Å². The van der Waals surface area contributed by atoms with Gasteiger partial charge in [-0.1, -0.05) is 6.07 Å². The van der Waals surface area contributed by atoms with E-state index in [-0.39, 0.29) is 41.6 Å². The number of rotatable bonds is 5. The van der Waals surface area contributed by atoms with Crippen molar-refractivity contribution in [3.05, 3.63) is 41.7 Å². The van der Waals surface area contributed by atoms with Gasteiger partial charge in [-0.3, -0.25) is 9.67 Å². The molecule has 0 saturated heterocycles. The maximum absolute atomic E-state index is 13.8. The van der Waals surface area contributed by atoms with E-state index in [1.807, 2.05) is 20.0 Å². The SMILES string of the molecule is CN=C(NCc1ncnn1C)NC(C)c1ccc(OC)c(F)c1.I. The molecule has 0 aliphatic carbocycles. The third-order valence-electron chi connectivity index (χ3n) is 3.47. The van der Waals surface area contributed by atoms with Crippen LogP contribution in [-0.2, 0) is 13.6 Å². The van der Waals surface area contributed by atoms with Gasteiger partial charge >= 0.3 is 0 Å². The van der Waals surface area contributed by atoms with E-state index in [9.17, 15) is 4.39 Å². The zero-order chi connectivity index (χ0) is 16.8. The number of aryl methyl sites for hydroxylation is 1. The molecule has 132 valence electrons. The predicted octanol–water partition coefficient (Wildman–Crippen LogP) is 2.01. The number of nitrogens with one attached hydrogen (secondary N) is 2. The summed E-state index contributed by atoms with van der Waals surface area (Å²) in [7, 11) is 4.94. The molecule has 1 heterocycles. The van der Waals surface area contributed by atoms with Crippen LogP contribution in [0.15, 0.2) is 29.5 Å². The monoisotopic (exact) mass is 448 g/mol. The van der Waals surface area contributed by atoms with Gasteiger partial charge in [-0.05, 0) is 24.6 Å². The molecule has 2 rings (SSSR count). The number of hydrogen-bond acceptors (Lipinski definition) is 4. The fraction of sp³-hybridized carbons (Fsp3) is 0.400. The van der Waals surface area contributed by atoms with E-state index in [0.29, 0.717) is 12.5 Å². The molecule has 0 radical (unpaired) electrons. The van der Waals surface area contributed by atoms with E-state index in [1.165, 1.54) is 19.5 Å². The Labute approximate surface area is 157 Å². The zero-order valence-corrected chi connectivity index (χ0v) is 16.4. The molecule has 2 N–H and O–H groups in total. The second-order valence-corrected chi connectivity index (χ2v) is 4.99. The third-order valence-corrected chi connectivity index (χ3v) is 3.47. The molecule has 0 spiro atoms. The number of halogens is 2. The van der Waals surface area contributed by atoms with Crippen molar-refractivity contribution in [2.75, 3.05) is 14.2 Å². The zero-order valence-electron chi connectivity index (χ0n) is 14.1. The number of methoxy groups -OCH3 is 1. The number of guanidine groups is 1. The van der Waals surface area contributed by atoms with Gasteiger partial charge in [0.2, 0.25) is 0 Å². The molecule has 0 aliphatic rings. The summed E-state index contributed by atoms with van der Waals surface area (Å²) in [6.45, 7) is 2.41. The lowest BCUT2D eigenvalue weighted by molar-refractivity contribution is 0.386. The molecular weight excluding hydrogens is 426 g/mol. The van der Waals surface area contributed by atoms with Crippen LogP contribution < -0.4 is 15.4 Å². The van der Waals surface area contributed by atoms with Gasteiger partial charge < -0.3 is 15.4 Å². The lowest BCUT2D eigenvalue weighted by Crippen LogP contribution is -2.38. The van der Waals surface area contributed by atoms with E-state index in [2.05, 4.69) is 25.7 Å². The van der Waals surface area contributed by atoms with Crippen LogP contribution in [-0.4, -0.2) is 34.9 Å². The predicted molar refractivity (Wildman–Crippen MR) is 101 cm³/mol. The molecule has 0 amide bonds. The standard InChI is InChI=1S/C15H21FN6O.HI/c1-10(11-5-6-13(23-4)12(16)7-11)21-15(17-2)18-8-14-19-9-20-22(14)3;/h5-7,9-10H,8H2,1-4H3,(H2,17,18,21);1H. The maximum Gasteiger partial charge on any atom is 0.191 e. The Morgan fingerprint density at radius 1 is 1.46 bits per heavy atom. The molecule has 2 aromatic rings. The quantitative estimate of drug-likeness (QED) is 0.416. The summed E-state index contributed by atoms with van der Waals surface area (Å²) in [6.07, 6.45) is 1.50. The fourth-order valence-electron chi connectivity index (χ4n) is 2.08. The van der Waals surface area contributed by atoms with Crippen LogP contribution in [0.5, 0.6) is 5.75 Å². The Morgan fingerprint density at radius 2 is 2.21 bits per heavy atom. The minimum atomic E-state index is -0.388. The minimum absolute atomic E-state index is 0. The lowest BCUT2D eigenvalue weighted by Gasteiger charge is -2.18. The van der Waals surface area contributed by atoms with Crippen molar-refractivity contribution >= 4 is 29.9 Å².